The van der Waals surface area contributed by atoms with E-state index in [4.69, 9.17) is 5.73 Å². The third-order valence-electron chi connectivity index (χ3n) is 2.67. The van der Waals surface area contributed by atoms with E-state index in [-0.39, 0.29) is 5.54 Å². The molecule has 0 atom stereocenters. The van der Waals surface area contributed by atoms with Gasteiger partial charge in [0.1, 0.15) is 0 Å². The summed E-state index contributed by atoms with van der Waals surface area (Å²) in [4.78, 5) is 4.66. The SMILES string of the molecule is CC(C)(N)CCc1nc(-c2ccc(Br)cc2)cs1. The Kier molecular flexibility index (Phi) is 4.20. The van der Waals surface area contributed by atoms with Gasteiger partial charge in [-0.25, -0.2) is 4.98 Å². The minimum Gasteiger partial charge on any atom is -0.326 e. The van der Waals surface area contributed by atoms with Crippen LogP contribution in [0.2, 0.25) is 0 Å². The summed E-state index contributed by atoms with van der Waals surface area (Å²) in [6, 6.07) is 8.24. The summed E-state index contributed by atoms with van der Waals surface area (Å²) < 4.78 is 1.09. The number of hydrogen-bond donors (Lipinski definition) is 1. The highest BCUT2D eigenvalue weighted by molar-refractivity contribution is 9.10. The molecular formula is C14H17BrN2S. The Morgan fingerprint density at radius 1 is 1.28 bits per heavy atom. The Morgan fingerprint density at radius 3 is 2.56 bits per heavy atom. The van der Waals surface area contributed by atoms with Crippen LogP contribution >= 0.6 is 27.3 Å². The Hall–Kier alpha value is -0.710. The number of aromatic nitrogens is 1. The zero-order valence-corrected chi connectivity index (χ0v) is 13.0. The Labute approximate surface area is 120 Å². The molecule has 0 aliphatic heterocycles. The highest BCUT2D eigenvalue weighted by Gasteiger charge is 2.12. The van der Waals surface area contributed by atoms with Crippen molar-refractivity contribution >= 4 is 27.3 Å². The molecule has 0 spiro atoms. The topological polar surface area (TPSA) is 38.9 Å². The van der Waals surface area contributed by atoms with Crippen molar-refractivity contribution in [3.8, 4) is 11.3 Å². The van der Waals surface area contributed by atoms with E-state index in [1.165, 1.54) is 0 Å². The van der Waals surface area contributed by atoms with Crippen LogP contribution in [-0.2, 0) is 6.42 Å². The summed E-state index contributed by atoms with van der Waals surface area (Å²) in [5.41, 5.74) is 8.08. The molecule has 0 saturated heterocycles. The molecule has 0 radical (unpaired) electrons. The van der Waals surface area contributed by atoms with Gasteiger partial charge in [-0.2, -0.15) is 0 Å². The molecule has 1 aromatic heterocycles. The van der Waals surface area contributed by atoms with Gasteiger partial charge >= 0.3 is 0 Å². The Balaban J connectivity index is 2.08. The minimum absolute atomic E-state index is 0.122. The van der Waals surface area contributed by atoms with Crippen LogP contribution in [0.3, 0.4) is 0 Å². The van der Waals surface area contributed by atoms with Crippen LogP contribution in [0.15, 0.2) is 34.1 Å². The maximum Gasteiger partial charge on any atom is 0.0933 e. The van der Waals surface area contributed by atoms with Crippen LogP contribution in [0, 0.1) is 0 Å². The standard InChI is InChI=1S/C14H17BrN2S/c1-14(2,16)8-7-13-17-12(9-18-13)10-3-5-11(15)6-4-10/h3-6,9H,7-8,16H2,1-2H3. The predicted octanol–water partition coefficient (Wildman–Crippen LogP) is 4.24. The van der Waals surface area contributed by atoms with Gasteiger partial charge in [-0.15, -0.1) is 11.3 Å². The molecular weight excluding hydrogens is 308 g/mol. The predicted molar refractivity (Wildman–Crippen MR) is 81.8 cm³/mol. The third-order valence-corrected chi connectivity index (χ3v) is 4.11. The largest absolute Gasteiger partial charge is 0.326 e. The van der Waals surface area contributed by atoms with Crippen LogP contribution in [0.5, 0.6) is 0 Å². The second-order valence-electron chi connectivity index (χ2n) is 5.12. The Morgan fingerprint density at radius 2 is 1.94 bits per heavy atom. The molecule has 2 N–H and O–H groups in total. The normalized spacial score (nSPS) is 11.8. The fraction of sp³-hybridized carbons (Fsp3) is 0.357. The molecule has 0 amide bonds. The molecule has 2 aromatic rings. The van der Waals surface area contributed by atoms with E-state index < -0.39 is 0 Å². The van der Waals surface area contributed by atoms with E-state index in [1.54, 1.807) is 11.3 Å². The first-order chi connectivity index (χ1) is 8.44. The zero-order chi connectivity index (χ0) is 13.2. The van der Waals surface area contributed by atoms with Crippen molar-refractivity contribution in [2.24, 2.45) is 5.73 Å². The maximum absolute atomic E-state index is 5.99. The summed E-state index contributed by atoms with van der Waals surface area (Å²) in [6.07, 6.45) is 1.91. The van der Waals surface area contributed by atoms with E-state index in [1.807, 2.05) is 12.1 Å². The lowest BCUT2D eigenvalue weighted by Gasteiger charge is -2.16. The van der Waals surface area contributed by atoms with Crippen molar-refractivity contribution in [3.05, 3.63) is 39.1 Å². The number of aryl methyl sites for hydroxylation is 1. The number of nitrogens with zero attached hydrogens (tertiary/aromatic N) is 1. The van der Waals surface area contributed by atoms with Crippen molar-refractivity contribution in [1.29, 1.82) is 0 Å². The number of benzene rings is 1. The van der Waals surface area contributed by atoms with Gasteiger partial charge < -0.3 is 5.73 Å². The van der Waals surface area contributed by atoms with Crippen molar-refractivity contribution < 1.29 is 0 Å². The van der Waals surface area contributed by atoms with Gasteiger partial charge in [0.15, 0.2) is 0 Å². The van der Waals surface area contributed by atoms with Gasteiger partial charge in [-0.3, -0.25) is 0 Å². The fourth-order valence-corrected chi connectivity index (χ4v) is 2.68. The lowest BCUT2D eigenvalue weighted by atomic mass is 10.0. The molecule has 96 valence electrons. The van der Waals surface area contributed by atoms with E-state index >= 15 is 0 Å². The number of hydrogen-bond acceptors (Lipinski definition) is 3. The molecule has 18 heavy (non-hydrogen) atoms. The van der Waals surface area contributed by atoms with E-state index in [0.29, 0.717) is 0 Å². The average Bonchev–Trinajstić information content (AvgIpc) is 2.75. The molecule has 1 heterocycles. The van der Waals surface area contributed by atoms with Crippen LogP contribution in [0.25, 0.3) is 11.3 Å². The molecule has 1 aromatic carbocycles. The molecule has 2 nitrogen and oxygen atoms in total. The number of rotatable bonds is 4. The Bertz CT molecular complexity index is 511. The highest BCUT2D eigenvalue weighted by atomic mass is 79.9. The van der Waals surface area contributed by atoms with Gasteiger partial charge in [-0.05, 0) is 32.4 Å². The highest BCUT2D eigenvalue weighted by Crippen LogP contribution is 2.24. The molecule has 0 fully saturated rings. The van der Waals surface area contributed by atoms with E-state index in [2.05, 4.69) is 52.3 Å². The molecule has 0 unspecified atom stereocenters. The first kappa shape index (κ1) is 13.7. The molecule has 0 saturated carbocycles. The molecule has 0 aliphatic carbocycles. The zero-order valence-electron chi connectivity index (χ0n) is 10.6. The third kappa shape index (κ3) is 3.90. The van der Waals surface area contributed by atoms with Crippen LogP contribution < -0.4 is 5.73 Å². The first-order valence-electron chi connectivity index (χ1n) is 5.93. The van der Waals surface area contributed by atoms with Crippen molar-refractivity contribution in [2.75, 3.05) is 0 Å². The number of thiazole rings is 1. The molecule has 4 heteroatoms. The van der Waals surface area contributed by atoms with Crippen molar-refractivity contribution in [2.45, 2.75) is 32.2 Å². The monoisotopic (exact) mass is 324 g/mol. The molecule has 0 bridgehead atoms. The summed E-state index contributed by atoms with van der Waals surface area (Å²) in [5.74, 6) is 0. The van der Waals surface area contributed by atoms with Crippen molar-refractivity contribution in [1.82, 2.24) is 4.98 Å². The maximum atomic E-state index is 5.99. The van der Waals surface area contributed by atoms with Gasteiger partial charge in [0, 0.05) is 27.4 Å². The van der Waals surface area contributed by atoms with Crippen molar-refractivity contribution in [3.63, 3.8) is 0 Å². The smallest absolute Gasteiger partial charge is 0.0933 e. The number of nitrogens with two attached hydrogens (primary N) is 1. The summed E-state index contributed by atoms with van der Waals surface area (Å²) in [6.45, 7) is 4.10. The number of halogens is 1. The lowest BCUT2D eigenvalue weighted by Crippen LogP contribution is -2.32. The van der Waals surface area contributed by atoms with Gasteiger partial charge in [-0.1, -0.05) is 28.1 Å². The summed E-state index contributed by atoms with van der Waals surface area (Å²) >= 11 is 5.15. The van der Waals surface area contributed by atoms with Gasteiger partial charge in [0.2, 0.25) is 0 Å². The molecule has 0 aliphatic rings. The first-order valence-corrected chi connectivity index (χ1v) is 7.60. The minimum atomic E-state index is -0.122. The molecule has 2 rings (SSSR count). The van der Waals surface area contributed by atoms with Crippen LogP contribution in [-0.4, -0.2) is 10.5 Å². The lowest BCUT2D eigenvalue weighted by molar-refractivity contribution is 0.476. The summed E-state index contributed by atoms with van der Waals surface area (Å²) in [7, 11) is 0. The fourth-order valence-electron chi connectivity index (χ4n) is 1.61. The van der Waals surface area contributed by atoms with Gasteiger partial charge in [0.25, 0.3) is 0 Å². The van der Waals surface area contributed by atoms with E-state index in [9.17, 15) is 0 Å². The quantitative estimate of drug-likeness (QED) is 0.913. The van der Waals surface area contributed by atoms with Gasteiger partial charge in [0.05, 0.1) is 10.7 Å². The second-order valence-corrected chi connectivity index (χ2v) is 6.98. The van der Waals surface area contributed by atoms with E-state index in [0.717, 1.165) is 33.6 Å². The average molecular weight is 325 g/mol. The summed E-state index contributed by atoms with van der Waals surface area (Å²) in [5, 5.41) is 3.27. The van der Waals surface area contributed by atoms with Crippen LogP contribution in [0.1, 0.15) is 25.3 Å². The van der Waals surface area contributed by atoms with Crippen LogP contribution in [0.4, 0.5) is 0 Å². The second kappa shape index (κ2) is 5.51.